The highest BCUT2D eigenvalue weighted by Crippen LogP contribution is 2.23. The molecule has 0 bridgehead atoms. The number of rotatable bonds is 5. The third-order valence-corrected chi connectivity index (χ3v) is 3.58. The van der Waals surface area contributed by atoms with Crippen LogP contribution in [0, 0.1) is 0 Å². The zero-order valence-electron chi connectivity index (χ0n) is 11.2. The van der Waals surface area contributed by atoms with Crippen molar-refractivity contribution in [3.05, 3.63) is 36.4 Å². The highest BCUT2D eigenvalue weighted by atomic mass is 16.4. The summed E-state index contributed by atoms with van der Waals surface area (Å²) in [7, 11) is 0. The largest absolute Gasteiger partial charge is 0.480 e. The standard InChI is InChI=1S/C15H18N2O2/c1-3-15(4-2,14(18)19)17-13-10-9-11-7-5-6-8-12(11)16-13/h5-10H,3-4H2,1-2H3,(H,16,17)(H,18,19). The fourth-order valence-electron chi connectivity index (χ4n) is 2.16. The second kappa shape index (κ2) is 5.26. The lowest BCUT2D eigenvalue weighted by Crippen LogP contribution is -2.45. The summed E-state index contributed by atoms with van der Waals surface area (Å²) in [5.41, 5.74) is -0.0888. The summed E-state index contributed by atoms with van der Waals surface area (Å²) >= 11 is 0. The number of carboxylic acids is 1. The van der Waals surface area contributed by atoms with Crippen LogP contribution in [0.5, 0.6) is 0 Å². The first-order valence-corrected chi connectivity index (χ1v) is 6.48. The van der Waals surface area contributed by atoms with Gasteiger partial charge in [0.05, 0.1) is 5.52 Å². The van der Waals surface area contributed by atoms with Crippen LogP contribution >= 0.6 is 0 Å². The Bertz CT molecular complexity index is 591. The number of anilines is 1. The van der Waals surface area contributed by atoms with E-state index in [0.29, 0.717) is 18.7 Å². The number of fused-ring (bicyclic) bond motifs is 1. The molecule has 1 aromatic heterocycles. The molecule has 0 saturated heterocycles. The van der Waals surface area contributed by atoms with Crippen molar-refractivity contribution in [2.24, 2.45) is 0 Å². The van der Waals surface area contributed by atoms with Crippen molar-refractivity contribution in [1.29, 1.82) is 0 Å². The van der Waals surface area contributed by atoms with Crippen LogP contribution in [0.3, 0.4) is 0 Å². The van der Waals surface area contributed by atoms with Crippen molar-refractivity contribution in [2.45, 2.75) is 32.2 Å². The van der Waals surface area contributed by atoms with Gasteiger partial charge in [-0.3, -0.25) is 0 Å². The van der Waals surface area contributed by atoms with Gasteiger partial charge in [0.15, 0.2) is 0 Å². The number of aliphatic carboxylic acids is 1. The summed E-state index contributed by atoms with van der Waals surface area (Å²) in [4.78, 5) is 15.9. The predicted molar refractivity (Wildman–Crippen MR) is 76.3 cm³/mol. The SMILES string of the molecule is CCC(CC)(Nc1ccc2ccccc2n1)C(=O)O. The summed E-state index contributed by atoms with van der Waals surface area (Å²) in [5, 5.41) is 13.5. The van der Waals surface area contributed by atoms with Crippen LogP contribution in [0.15, 0.2) is 36.4 Å². The average molecular weight is 258 g/mol. The Hall–Kier alpha value is -2.10. The van der Waals surface area contributed by atoms with E-state index in [2.05, 4.69) is 10.3 Å². The van der Waals surface area contributed by atoms with Crippen molar-refractivity contribution >= 4 is 22.7 Å². The van der Waals surface area contributed by atoms with E-state index in [9.17, 15) is 9.90 Å². The second-order valence-electron chi connectivity index (χ2n) is 4.61. The lowest BCUT2D eigenvalue weighted by Gasteiger charge is -2.28. The Balaban J connectivity index is 2.36. The zero-order chi connectivity index (χ0) is 13.9. The number of carboxylic acid groups (broad SMARTS) is 1. The average Bonchev–Trinajstić information content (AvgIpc) is 2.44. The molecule has 0 aliphatic carbocycles. The molecule has 0 unspecified atom stereocenters. The monoisotopic (exact) mass is 258 g/mol. The number of carbonyl (C=O) groups is 1. The van der Waals surface area contributed by atoms with E-state index < -0.39 is 11.5 Å². The zero-order valence-corrected chi connectivity index (χ0v) is 11.2. The first kappa shape index (κ1) is 13.3. The maximum Gasteiger partial charge on any atom is 0.329 e. The topological polar surface area (TPSA) is 62.2 Å². The van der Waals surface area contributed by atoms with Crippen molar-refractivity contribution in [1.82, 2.24) is 4.98 Å². The van der Waals surface area contributed by atoms with Crippen LogP contribution < -0.4 is 5.32 Å². The summed E-state index contributed by atoms with van der Waals surface area (Å²) in [6, 6.07) is 11.5. The van der Waals surface area contributed by atoms with Gasteiger partial charge < -0.3 is 10.4 Å². The number of benzene rings is 1. The Labute approximate surface area is 112 Å². The van der Waals surface area contributed by atoms with E-state index >= 15 is 0 Å². The van der Waals surface area contributed by atoms with Crippen LogP contribution in [-0.2, 0) is 4.79 Å². The minimum atomic E-state index is -0.949. The summed E-state index contributed by atoms with van der Waals surface area (Å²) in [6.07, 6.45) is 1.01. The minimum absolute atomic E-state index is 0.507. The molecule has 0 amide bonds. The van der Waals surface area contributed by atoms with E-state index in [0.717, 1.165) is 10.9 Å². The van der Waals surface area contributed by atoms with Gasteiger partial charge in [0.2, 0.25) is 0 Å². The maximum atomic E-state index is 11.5. The molecule has 0 aliphatic rings. The van der Waals surface area contributed by atoms with Crippen molar-refractivity contribution in [2.75, 3.05) is 5.32 Å². The van der Waals surface area contributed by atoms with Gasteiger partial charge in [-0.15, -0.1) is 0 Å². The molecular formula is C15H18N2O2. The van der Waals surface area contributed by atoms with E-state index in [4.69, 9.17) is 0 Å². The molecule has 1 aromatic carbocycles. The number of pyridine rings is 1. The van der Waals surface area contributed by atoms with Gasteiger partial charge in [0, 0.05) is 5.39 Å². The Morgan fingerprint density at radius 1 is 1.21 bits per heavy atom. The van der Waals surface area contributed by atoms with Crippen LogP contribution in [0.25, 0.3) is 10.9 Å². The Morgan fingerprint density at radius 2 is 1.89 bits per heavy atom. The van der Waals surface area contributed by atoms with E-state index in [-0.39, 0.29) is 0 Å². The van der Waals surface area contributed by atoms with Crippen molar-refractivity contribution < 1.29 is 9.90 Å². The summed E-state index contributed by atoms with van der Waals surface area (Å²) in [5.74, 6) is -0.239. The molecule has 2 aromatic rings. The molecule has 100 valence electrons. The normalized spacial score (nSPS) is 11.5. The Morgan fingerprint density at radius 3 is 2.53 bits per heavy atom. The van der Waals surface area contributed by atoms with E-state index in [1.165, 1.54) is 0 Å². The third-order valence-electron chi connectivity index (χ3n) is 3.58. The van der Waals surface area contributed by atoms with Gasteiger partial charge in [-0.05, 0) is 31.0 Å². The number of nitrogens with zero attached hydrogens (tertiary/aromatic N) is 1. The van der Waals surface area contributed by atoms with Crippen LogP contribution in [-0.4, -0.2) is 21.6 Å². The molecule has 1 heterocycles. The van der Waals surface area contributed by atoms with Gasteiger partial charge >= 0.3 is 5.97 Å². The van der Waals surface area contributed by atoms with Gasteiger partial charge in [0.1, 0.15) is 11.4 Å². The minimum Gasteiger partial charge on any atom is -0.480 e. The third kappa shape index (κ3) is 2.52. The van der Waals surface area contributed by atoms with Gasteiger partial charge in [0.25, 0.3) is 0 Å². The van der Waals surface area contributed by atoms with E-state index in [1.807, 2.05) is 50.2 Å². The molecule has 0 spiro atoms. The fraction of sp³-hybridized carbons (Fsp3) is 0.333. The first-order chi connectivity index (χ1) is 9.11. The molecular weight excluding hydrogens is 240 g/mol. The summed E-state index contributed by atoms with van der Waals surface area (Å²) < 4.78 is 0. The molecule has 0 saturated carbocycles. The number of hydrogen-bond donors (Lipinski definition) is 2. The number of aromatic nitrogens is 1. The predicted octanol–water partition coefficient (Wildman–Crippen LogP) is 3.29. The lowest BCUT2D eigenvalue weighted by atomic mass is 9.93. The second-order valence-corrected chi connectivity index (χ2v) is 4.61. The number of hydrogen-bond acceptors (Lipinski definition) is 3. The molecule has 2 N–H and O–H groups in total. The first-order valence-electron chi connectivity index (χ1n) is 6.48. The van der Waals surface area contributed by atoms with Crippen LogP contribution in [0.2, 0.25) is 0 Å². The molecule has 2 rings (SSSR count). The molecule has 0 aliphatic heterocycles. The number of para-hydroxylation sites is 1. The van der Waals surface area contributed by atoms with Crippen molar-refractivity contribution in [3.8, 4) is 0 Å². The van der Waals surface area contributed by atoms with Crippen molar-refractivity contribution in [3.63, 3.8) is 0 Å². The van der Waals surface area contributed by atoms with Crippen LogP contribution in [0.1, 0.15) is 26.7 Å². The molecule has 4 heteroatoms. The molecule has 0 atom stereocenters. The van der Waals surface area contributed by atoms with Gasteiger partial charge in [-0.1, -0.05) is 32.0 Å². The van der Waals surface area contributed by atoms with Crippen LogP contribution in [0.4, 0.5) is 5.82 Å². The Kier molecular flexibility index (Phi) is 3.69. The lowest BCUT2D eigenvalue weighted by molar-refractivity contribution is -0.142. The molecule has 0 fully saturated rings. The fourth-order valence-corrected chi connectivity index (χ4v) is 2.16. The quantitative estimate of drug-likeness (QED) is 0.863. The van der Waals surface area contributed by atoms with E-state index in [1.54, 1.807) is 0 Å². The highest BCUT2D eigenvalue weighted by Gasteiger charge is 2.34. The smallest absolute Gasteiger partial charge is 0.329 e. The number of nitrogens with one attached hydrogen (secondary N) is 1. The molecule has 0 radical (unpaired) electrons. The highest BCUT2D eigenvalue weighted by molar-refractivity contribution is 5.84. The molecule has 19 heavy (non-hydrogen) atoms. The molecule has 4 nitrogen and oxygen atoms in total. The maximum absolute atomic E-state index is 11.5. The van der Waals surface area contributed by atoms with Gasteiger partial charge in [-0.25, -0.2) is 9.78 Å². The summed E-state index contributed by atoms with van der Waals surface area (Å²) in [6.45, 7) is 3.73. The van der Waals surface area contributed by atoms with Gasteiger partial charge in [-0.2, -0.15) is 0 Å².